The van der Waals surface area contributed by atoms with Gasteiger partial charge in [0.2, 0.25) is 0 Å². The van der Waals surface area contributed by atoms with Crippen molar-refractivity contribution in [1.82, 2.24) is 9.88 Å². The SMILES string of the molecule is CN1CC2CC1CN(c1cncc(OC3CCN(c4ccccc4)CC3)c1)C2. The van der Waals surface area contributed by atoms with Crippen LogP contribution in [0.2, 0.25) is 0 Å². The van der Waals surface area contributed by atoms with E-state index in [1.54, 1.807) is 0 Å². The predicted molar refractivity (Wildman–Crippen MR) is 113 cm³/mol. The van der Waals surface area contributed by atoms with Gasteiger partial charge in [-0.25, -0.2) is 0 Å². The van der Waals surface area contributed by atoms with E-state index in [4.69, 9.17) is 4.74 Å². The van der Waals surface area contributed by atoms with Gasteiger partial charge in [0.15, 0.2) is 0 Å². The van der Waals surface area contributed by atoms with Crippen molar-refractivity contribution in [2.75, 3.05) is 49.6 Å². The summed E-state index contributed by atoms with van der Waals surface area (Å²) in [6.07, 6.45) is 7.60. The van der Waals surface area contributed by atoms with Crippen molar-refractivity contribution >= 4 is 11.4 Å². The van der Waals surface area contributed by atoms with Crippen LogP contribution in [-0.4, -0.2) is 61.8 Å². The zero-order valence-electron chi connectivity index (χ0n) is 16.7. The maximum absolute atomic E-state index is 6.34. The number of benzene rings is 1. The molecule has 4 heterocycles. The Hall–Kier alpha value is -2.27. The standard InChI is InChI=1S/C23H30N4O/c1-25-15-18-11-21(25)17-27(16-18)20-12-23(14-24-13-20)28-22-7-9-26(10-8-22)19-5-3-2-4-6-19/h2-6,12-14,18,21-22H,7-11,15-17H2,1H3. The first kappa shape index (κ1) is 17.8. The van der Waals surface area contributed by atoms with Gasteiger partial charge in [0.25, 0.3) is 0 Å². The van der Waals surface area contributed by atoms with Crippen LogP contribution in [0.5, 0.6) is 5.75 Å². The van der Waals surface area contributed by atoms with Crippen LogP contribution in [0.1, 0.15) is 19.3 Å². The number of pyridine rings is 1. The summed E-state index contributed by atoms with van der Waals surface area (Å²) in [6, 6.07) is 13.6. The molecule has 3 aliphatic heterocycles. The highest BCUT2D eigenvalue weighted by atomic mass is 16.5. The Balaban J connectivity index is 1.20. The highest BCUT2D eigenvalue weighted by Crippen LogP contribution is 2.32. The number of rotatable bonds is 4. The van der Waals surface area contributed by atoms with Gasteiger partial charge in [-0.1, -0.05) is 18.2 Å². The molecule has 3 saturated heterocycles. The molecule has 0 saturated carbocycles. The molecule has 0 aliphatic carbocycles. The number of piperidine rings is 2. The van der Waals surface area contributed by atoms with Gasteiger partial charge in [-0.2, -0.15) is 0 Å². The van der Waals surface area contributed by atoms with E-state index in [2.05, 4.69) is 63.1 Å². The van der Waals surface area contributed by atoms with Crippen LogP contribution in [0.3, 0.4) is 0 Å². The van der Waals surface area contributed by atoms with Gasteiger partial charge in [-0.05, 0) is 31.5 Å². The Labute approximate surface area is 167 Å². The van der Waals surface area contributed by atoms with Crippen molar-refractivity contribution in [3.63, 3.8) is 0 Å². The van der Waals surface area contributed by atoms with E-state index in [0.717, 1.165) is 50.7 Å². The maximum Gasteiger partial charge on any atom is 0.140 e. The van der Waals surface area contributed by atoms with Crippen LogP contribution >= 0.6 is 0 Å². The summed E-state index contributed by atoms with van der Waals surface area (Å²) >= 11 is 0. The summed E-state index contributed by atoms with van der Waals surface area (Å²) in [6.45, 7) is 5.56. The van der Waals surface area contributed by atoms with Gasteiger partial charge in [0.05, 0.1) is 18.1 Å². The lowest BCUT2D eigenvalue weighted by Crippen LogP contribution is -2.41. The first-order valence-corrected chi connectivity index (χ1v) is 10.6. The quantitative estimate of drug-likeness (QED) is 0.815. The third-order valence-electron chi connectivity index (χ3n) is 6.61. The second kappa shape index (κ2) is 7.63. The molecular formula is C23H30N4O. The van der Waals surface area contributed by atoms with Gasteiger partial charge in [-0.15, -0.1) is 0 Å². The Kier molecular flexibility index (Phi) is 4.85. The van der Waals surface area contributed by atoms with Crippen molar-refractivity contribution in [1.29, 1.82) is 0 Å². The second-order valence-corrected chi connectivity index (χ2v) is 8.62. The summed E-state index contributed by atoms with van der Waals surface area (Å²) in [5.41, 5.74) is 2.53. The van der Waals surface area contributed by atoms with Crippen LogP contribution in [0.15, 0.2) is 48.8 Å². The zero-order chi connectivity index (χ0) is 18.9. The molecule has 3 aliphatic rings. The average Bonchev–Trinajstić information content (AvgIpc) is 3.00. The van der Waals surface area contributed by atoms with Gasteiger partial charge < -0.3 is 19.4 Å². The number of likely N-dealkylation sites (tertiary alicyclic amines) is 1. The minimum Gasteiger partial charge on any atom is -0.489 e. The number of anilines is 2. The number of likely N-dealkylation sites (N-methyl/N-ethyl adjacent to an activating group) is 1. The van der Waals surface area contributed by atoms with Crippen LogP contribution in [0.4, 0.5) is 11.4 Å². The lowest BCUT2D eigenvalue weighted by atomic mass is 9.99. The molecule has 0 spiro atoms. The van der Waals surface area contributed by atoms with Crippen molar-refractivity contribution in [2.24, 2.45) is 5.92 Å². The molecule has 1 aromatic heterocycles. The predicted octanol–water partition coefficient (Wildman–Crippen LogP) is 3.27. The monoisotopic (exact) mass is 378 g/mol. The van der Waals surface area contributed by atoms with E-state index in [9.17, 15) is 0 Å². The van der Waals surface area contributed by atoms with E-state index in [1.807, 2.05) is 12.4 Å². The second-order valence-electron chi connectivity index (χ2n) is 8.62. The highest BCUT2D eigenvalue weighted by molar-refractivity contribution is 5.49. The molecule has 5 heteroatoms. The summed E-state index contributed by atoms with van der Waals surface area (Å²) < 4.78 is 6.34. The van der Waals surface area contributed by atoms with Crippen LogP contribution < -0.4 is 14.5 Å². The smallest absolute Gasteiger partial charge is 0.140 e. The molecule has 0 radical (unpaired) electrons. The molecule has 0 amide bonds. The first-order valence-electron chi connectivity index (χ1n) is 10.6. The van der Waals surface area contributed by atoms with E-state index in [0.29, 0.717) is 6.04 Å². The number of hydrogen-bond acceptors (Lipinski definition) is 5. The Morgan fingerprint density at radius 3 is 2.54 bits per heavy atom. The van der Waals surface area contributed by atoms with Crippen molar-refractivity contribution in [3.8, 4) is 5.75 Å². The molecule has 1 aromatic carbocycles. The molecule has 2 unspecified atom stereocenters. The molecule has 5 nitrogen and oxygen atoms in total. The normalized spacial score (nSPS) is 25.9. The number of ether oxygens (including phenoxy) is 1. The van der Waals surface area contributed by atoms with Crippen molar-refractivity contribution < 1.29 is 4.74 Å². The minimum atomic E-state index is 0.278. The van der Waals surface area contributed by atoms with Crippen molar-refractivity contribution in [3.05, 3.63) is 48.8 Å². The number of hydrogen-bond donors (Lipinski definition) is 0. The largest absolute Gasteiger partial charge is 0.489 e. The van der Waals surface area contributed by atoms with Crippen molar-refractivity contribution in [2.45, 2.75) is 31.4 Å². The molecular weight excluding hydrogens is 348 g/mol. The van der Waals surface area contributed by atoms with E-state index in [-0.39, 0.29) is 6.10 Å². The number of fused-ring (bicyclic) bond motifs is 2. The summed E-state index contributed by atoms with van der Waals surface area (Å²) in [5, 5.41) is 0. The van der Waals surface area contributed by atoms with Gasteiger partial charge in [0.1, 0.15) is 11.9 Å². The fourth-order valence-corrected chi connectivity index (χ4v) is 5.10. The topological polar surface area (TPSA) is 31.8 Å². The highest BCUT2D eigenvalue weighted by Gasteiger charge is 2.36. The number of aromatic nitrogens is 1. The molecule has 148 valence electrons. The number of para-hydroxylation sites is 1. The lowest BCUT2D eigenvalue weighted by Gasteiger charge is -2.35. The first-order chi connectivity index (χ1) is 13.7. The Morgan fingerprint density at radius 2 is 1.75 bits per heavy atom. The van der Waals surface area contributed by atoms with Crippen LogP contribution in [0.25, 0.3) is 0 Å². The molecule has 2 aromatic rings. The van der Waals surface area contributed by atoms with E-state index < -0.39 is 0 Å². The lowest BCUT2D eigenvalue weighted by molar-refractivity contribution is 0.170. The third-order valence-corrected chi connectivity index (χ3v) is 6.61. The molecule has 5 rings (SSSR count). The van der Waals surface area contributed by atoms with E-state index in [1.165, 1.54) is 24.3 Å². The summed E-state index contributed by atoms with van der Waals surface area (Å²) in [4.78, 5) is 12.0. The Morgan fingerprint density at radius 1 is 0.929 bits per heavy atom. The molecule has 3 fully saturated rings. The fraction of sp³-hybridized carbons (Fsp3) is 0.522. The van der Waals surface area contributed by atoms with Crippen LogP contribution in [-0.2, 0) is 0 Å². The van der Waals surface area contributed by atoms with Gasteiger partial charge >= 0.3 is 0 Å². The molecule has 2 bridgehead atoms. The molecule has 2 atom stereocenters. The maximum atomic E-state index is 6.34. The minimum absolute atomic E-state index is 0.278. The molecule has 28 heavy (non-hydrogen) atoms. The van der Waals surface area contributed by atoms with Gasteiger partial charge in [-0.3, -0.25) is 4.98 Å². The fourth-order valence-electron chi connectivity index (χ4n) is 5.10. The average molecular weight is 379 g/mol. The van der Waals surface area contributed by atoms with Gasteiger partial charge in [0, 0.05) is 63.4 Å². The number of nitrogens with zero attached hydrogens (tertiary/aromatic N) is 4. The summed E-state index contributed by atoms with van der Waals surface area (Å²) in [5.74, 6) is 1.71. The summed E-state index contributed by atoms with van der Waals surface area (Å²) in [7, 11) is 2.26. The zero-order valence-corrected chi connectivity index (χ0v) is 16.7. The third kappa shape index (κ3) is 3.68. The van der Waals surface area contributed by atoms with Crippen LogP contribution in [0, 0.1) is 5.92 Å². The van der Waals surface area contributed by atoms with E-state index >= 15 is 0 Å². The molecule has 0 N–H and O–H groups in total. The Bertz CT molecular complexity index is 788.